The van der Waals surface area contributed by atoms with Crippen molar-refractivity contribution in [2.24, 2.45) is 5.92 Å². The minimum Gasteiger partial charge on any atom is -0.313 e. The van der Waals surface area contributed by atoms with Crippen molar-refractivity contribution in [2.45, 2.75) is 44.0 Å². The minimum absolute atomic E-state index is 0.320. The van der Waals surface area contributed by atoms with Crippen LogP contribution in [0.15, 0.2) is 27.6 Å². The Kier molecular flexibility index (Phi) is 6.22. The fourth-order valence-corrected chi connectivity index (χ4v) is 4.90. The van der Waals surface area contributed by atoms with Crippen molar-refractivity contribution in [1.29, 1.82) is 0 Å². The van der Waals surface area contributed by atoms with E-state index in [1.54, 1.807) is 6.07 Å². The molecule has 0 heterocycles. The highest BCUT2D eigenvalue weighted by atomic mass is 79.9. The Morgan fingerprint density at radius 1 is 1.29 bits per heavy atom. The van der Waals surface area contributed by atoms with E-state index < -0.39 is 10.0 Å². The van der Waals surface area contributed by atoms with Crippen molar-refractivity contribution in [2.75, 3.05) is 13.1 Å². The van der Waals surface area contributed by atoms with Gasteiger partial charge in [0.25, 0.3) is 0 Å². The van der Waals surface area contributed by atoms with Gasteiger partial charge in [0.2, 0.25) is 10.0 Å². The van der Waals surface area contributed by atoms with E-state index in [9.17, 15) is 8.42 Å². The maximum atomic E-state index is 12.4. The SMILES string of the molecule is CCNCc1ccc(S(=O)(=O)NCC2CCCC2)c(Br)c1. The van der Waals surface area contributed by atoms with Crippen molar-refractivity contribution in [3.05, 3.63) is 28.2 Å². The molecule has 0 radical (unpaired) electrons. The second kappa shape index (κ2) is 7.72. The summed E-state index contributed by atoms with van der Waals surface area (Å²) in [6.45, 7) is 4.22. The van der Waals surface area contributed by atoms with Gasteiger partial charge in [-0.3, -0.25) is 0 Å². The zero-order valence-corrected chi connectivity index (χ0v) is 14.8. The highest BCUT2D eigenvalue weighted by Crippen LogP contribution is 2.26. The van der Waals surface area contributed by atoms with Crippen LogP contribution < -0.4 is 10.0 Å². The average molecular weight is 375 g/mol. The first kappa shape index (κ1) is 16.9. The topological polar surface area (TPSA) is 58.2 Å². The largest absolute Gasteiger partial charge is 0.313 e. The van der Waals surface area contributed by atoms with Crippen molar-refractivity contribution >= 4 is 26.0 Å². The first-order chi connectivity index (χ1) is 10.0. The number of benzene rings is 1. The summed E-state index contributed by atoms with van der Waals surface area (Å²) in [6, 6.07) is 5.40. The Hall–Kier alpha value is -0.430. The fraction of sp³-hybridized carbons (Fsp3) is 0.600. The third-order valence-corrected chi connectivity index (χ3v) is 6.30. The first-order valence-corrected chi connectivity index (χ1v) is 9.79. The van der Waals surface area contributed by atoms with Crippen LogP contribution in [-0.2, 0) is 16.6 Å². The second-order valence-corrected chi connectivity index (χ2v) is 8.14. The van der Waals surface area contributed by atoms with Gasteiger partial charge in [0.15, 0.2) is 0 Å². The predicted octanol–water partition coefficient (Wildman–Crippen LogP) is 3.03. The quantitative estimate of drug-likeness (QED) is 0.770. The van der Waals surface area contributed by atoms with Crippen LogP contribution in [-0.4, -0.2) is 21.5 Å². The van der Waals surface area contributed by atoms with E-state index in [1.807, 2.05) is 19.1 Å². The normalized spacial score (nSPS) is 16.5. The number of sulfonamides is 1. The lowest BCUT2D eigenvalue weighted by Gasteiger charge is -2.13. The molecule has 4 nitrogen and oxygen atoms in total. The van der Waals surface area contributed by atoms with Gasteiger partial charge in [-0.05, 0) is 58.9 Å². The maximum absolute atomic E-state index is 12.4. The van der Waals surface area contributed by atoms with Crippen molar-refractivity contribution in [3.8, 4) is 0 Å². The van der Waals surface area contributed by atoms with Gasteiger partial charge in [-0.1, -0.05) is 25.8 Å². The Morgan fingerprint density at radius 2 is 2.00 bits per heavy atom. The zero-order chi connectivity index (χ0) is 15.3. The van der Waals surface area contributed by atoms with Gasteiger partial charge in [-0.15, -0.1) is 0 Å². The van der Waals surface area contributed by atoms with E-state index in [1.165, 1.54) is 12.8 Å². The molecule has 1 aromatic rings. The van der Waals surface area contributed by atoms with Crippen LogP contribution in [0.25, 0.3) is 0 Å². The lowest BCUT2D eigenvalue weighted by atomic mass is 10.1. The molecule has 0 bridgehead atoms. The summed E-state index contributed by atoms with van der Waals surface area (Å²) in [4.78, 5) is 0.320. The smallest absolute Gasteiger partial charge is 0.241 e. The van der Waals surface area contributed by atoms with Gasteiger partial charge in [0, 0.05) is 17.6 Å². The van der Waals surface area contributed by atoms with Crippen LogP contribution in [0.1, 0.15) is 38.2 Å². The minimum atomic E-state index is -3.43. The molecule has 0 aromatic heterocycles. The predicted molar refractivity (Wildman–Crippen MR) is 88.7 cm³/mol. The molecule has 118 valence electrons. The summed E-state index contributed by atoms with van der Waals surface area (Å²) in [5.74, 6) is 0.492. The number of hydrogen-bond donors (Lipinski definition) is 2. The summed E-state index contributed by atoms with van der Waals surface area (Å²) in [5, 5.41) is 3.23. The van der Waals surface area contributed by atoms with Crippen molar-refractivity contribution in [1.82, 2.24) is 10.0 Å². The van der Waals surface area contributed by atoms with Crippen LogP contribution in [0.5, 0.6) is 0 Å². The molecule has 0 spiro atoms. The van der Waals surface area contributed by atoms with Gasteiger partial charge in [0.05, 0.1) is 4.90 Å². The molecule has 2 N–H and O–H groups in total. The van der Waals surface area contributed by atoms with E-state index in [0.29, 0.717) is 21.8 Å². The standard InChI is InChI=1S/C15H23BrN2O2S/c1-2-17-10-13-7-8-15(14(16)9-13)21(19,20)18-11-12-5-3-4-6-12/h7-9,12,17-18H,2-6,10-11H2,1H3. The molecular weight excluding hydrogens is 352 g/mol. The Balaban J connectivity index is 2.04. The summed E-state index contributed by atoms with van der Waals surface area (Å²) in [5.41, 5.74) is 1.07. The van der Waals surface area contributed by atoms with Crippen LogP contribution >= 0.6 is 15.9 Å². The Labute approximate surface area is 135 Å². The number of rotatable bonds is 7. The van der Waals surface area contributed by atoms with Gasteiger partial charge in [0.1, 0.15) is 0 Å². The number of halogens is 1. The van der Waals surface area contributed by atoms with Crippen molar-refractivity contribution in [3.63, 3.8) is 0 Å². The fourth-order valence-electron chi connectivity index (χ4n) is 2.66. The molecule has 1 saturated carbocycles. The molecule has 0 aliphatic heterocycles. The van der Waals surface area contributed by atoms with E-state index in [-0.39, 0.29) is 0 Å². The van der Waals surface area contributed by atoms with Crippen molar-refractivity contribution < 1.29 is 8.42 Å². The molecule has 1 aliphatic rings. The van der Waals surface area contributed by atoms with Crippen LogP contribution in [0, 0.1) is 5.92 Å². The van der Waals surface area contributed by atoms with Crippen LogP contribution in [0.2, 0.25) is 0 Å². The molecule has 0 amide bonds. The maximum Gasteiger partial charge on any atom is 0.241 e. The van der Waals surface area contributed by atoms with E-state index in [4.69, 9.17) is 0 Å². The molecule has 1 aliphatic carbocycles. The lowest BCUT2D eigenvalue weighted by molar-refractivity contribution is 0.519. The lowest BCUT2D eigenvalue weighted by Crippen LogP contribution is -2.28. The summed E-state index contributed by atoms with van der Waals surface area (Å²) >= 11 is 3.38. The molecule has 0 unspecified atom stereocenters. The molecule has 21 heavy (non-hydrogen) atoms. The zero-order valence-electron chi connectivity index (χ0n) is 12.4. The Bertz CT molecular complexity index is 569. The van der Waals surface area contributed by atoms with Gasteiger partial charge in [-0.2, -0.15) is 0 Å². The van der Waals surface area contributed by atoms with E-state index >= 15 is 0 Å². The third kappa shape index (κ3) is 4.77. The monoisotopic (exact) mass is 374 g/mol. The molecule has 2 rings (SSSR count). The molecule has 0 saturated heterocycles. The number of nitrogens with one attached hydrogen (secondary N) is 2. The van der Waals surface area contributed by atoms with Gasteiger partial charge in [-0.25, -0.2) is 13.1 Å². The summed E-state index contributed by atoms with van der Waals surface area (Å²) in [7, 11) is -3.43. The third-order valence-electron chi connectivity index (χ3n) is 3.90. The van der Waals surface area contributed by atoms with E-state index in [2.05, 4.69) is 26.0 Å². The van der Waals surface area contributed by atoms with Gasteiger partial charge < -0.3 is 5.32 Å². The number of hydrogen-bond acceptors (Lipinski definition) is 3. The van der Waals surface area contributed by atoms with Crippen LogP contribution in [0.3, 0.4) is 0 Å². The summed E-state index contributed by atoms with van der Waals surface area (Å²) in [6.07, 6.45) is 4.70. The highest BCUT2D eigenvalue weighted by molar-refractivity contribution is 9.10. The first-order valence-electron chi connectivity index (χ1n) is 7.51. The highest BCUT2D eigenvalue weighted by Gasteiger charge is 2.21. The molecular formula is C15H23BrN2O2S. The van der Waals surface area contributed by atoms with Crippen LogP contribution in [0.4, 0.5) is 0 Å². The Morgan fingerprint density at radius 3 is 2.62 bits per heavy atom. The van der Waals surface area contributed by atoms with E-state index in [0.717, 1.165) is 31.5 Å². The average Bonchev–Trinajstić information content (AvgIpc) is 2.96. The molecule has 0 atom stereocenters. The summed E-state index contributed by atoms with van der Waals surface area (Å²) < 4.78 is 28.1. The molecule has 6 heteroatoms. The second-order valence-electron chi connectivity index (χ2n) is 5.55. The van der Waals surface area contributed by atoms with Gasteiger partial charge >= 0.3 is 0 Å². The molecule has 1 aromatic carbocycles. The molecule has 1 fully saturated rings.